The summed E-state index contributed by atoms with van der Waals surface area (Å²) in [6.07, 6.45) is 0. The van der Waals surface area contributed by atoms with Gasteiger partial charge in [0.1, 0.15) is 5.75 Å². The van der Waals surface area contributed by atoms with Gasteiger partial charge in [0, 0.05) is 36.2 Å². The fraction of sp³-hybridized carbons (Fsp3) is 0.300. The maximum Gasteiger partial charge on any atom is 0.257 e. The molecule has 0 bridgehead atoms. The van der Waals surface area contributed by atoms with E-state index in [0.717, 1.165) is 42.1 Å². The third-order valence-electron chi connectivity index (χ3n) is 4.40. The zero-order chi connectivity index (χ0) is 19.2. The Balaban J connectivity index is 1.56. The molecule has 0 aromatic heterocycles. The minimum absolute atomic E-state index is 0.184. The lowest BCUT2D eigenvalue weighted by Crippen LogP contribution is -2.52. The highest BCUT2D eigenvalue weighted by atomic mass is 79.9. The van der Waals surface area contributed by atoms with Gasteiger partial charge >= 0.3 is 0 Å². The number of thiocarbonyl (C=S) groups is 1. The van der Waals surface area contributed by atoms with Crippen molar-refractivity contribution < 1.29 is 9.53 Å². The van der Waals surface area contributed by atoms with Crippen LogP contribution in [0.4, 0.5) is 5.69 Å². The van der Waals surface area contributed by atoms with Gasteiger partial charge in [-0.15, -0.1) is 0 Å². The first kappa shape index (κ1) is 19.6. The van der Waals surface area contributed by atoms with Crippen molar-refractivity contribution in [2.75, 3.05) is 37.7 Å². The predicted octanol–water partition coefficient (Wildman–Crippen LogP) is 3.68. The number of nitrogens with zero attached hydrogens (tertiary/aromatic N) is 2. The van der Waals surface area contributed by atoms with Crippen molar-refractivity contribution in [1.29, 1.82) is 0 Å². The summed E-state index contributed by atoms with van der Waals surface area (Å²) < 4.78 is 6.67. The number of carbonyl (C=O) groups is 1. The van der Waals surface area contributed by atoms with Crippen molar-refractivity contribution in [2.45, 2.75) is 6.92 Å². The van der Waals surface area contributed by atoms with Crippen molar-refractivity contribution >= 4 is 44.9 Å². The highest BCUT2D eigenvalue weighted by molar-refractivity contribution is 9.10. The molecule has 1 aliphatic rings. The molecule has 1 N–H and O–H groups in total. The molecule has 2 aromatic rings. The third kappa shape index (κ3) is 4.99. The smallest absolute Gasteiger partial charge is 0.257 e. The Labute approximate surface area is 173 Å². The van der Waals surface area contributed by atoms with E-state index >= 15 is 0 Å². The van der Waals surface area contributed by atoms with Crippen molar-refractivity contribution in [3.8, 4) is 5.75 Å². The molecule has 1 aliphatic heterocycles. The van der Waals surface area contributed by atoms with Crippen LogP contribution >= 0.6 is 28.1 Å². The standard InChI is InChI=1S/C20H22BrN3O2S/c1-2-26-18-6-4-3-5-17(18)23-11-13-24(14-12-23)20(27)22-19(25)15-7-9-16(21)10-8-15/h3-10H,2,11-14H2,1H3,(H,22,25,27). The number of ether oxygens (including phenoxy) is 1. The number of benzene rings is 2. The largest absolute Gasteiger partial charge is 0.492 e. The van der Waals surface area contributed by atoms with Crippen LogP contribution in [-0.4, -0.2) is 48.7 Å². The Morgan fingerprint density at radius 3 is 2.44 bits per heavy atom. The van der Waals surface area contributed by atoms with Gasteiger partial charge in [-0.3, -0.25) is 10.1 Å². The second-order valence-electron chi connectivity index (χ2n) is 6.14. The lowest BCUT2D eigenvalue weighted by molar-refractivity contribution is 0.0973. The van der Waals surface area contributed by atoms with Crippen LogP contribution in [0.3, 0.4) is 0 Å². The van der Waals surface area contributed by atoms with Crippen LogP contribution < -0.4 is 15.0 Å². The van der Waals surface area contributed by atoms with Gasteiger partial charge in [0.05, 0.1) is 12.3 Å². The molecule has 5 nitrogen and oxygen atoms in total. The van der Waals surface area contributed by atoms with Crippen LogP contribution in [0.2, 0.25) is 0 Å². The van der Waals surface area contributed by atoms with Crippen molar-refractivity contribution in [3.63, 3.8) is 0 Å². The van der Waals surface area contributed by atoms with E-state index in [-0.39, 0.29) is 5.91 Å². The Kier molecular flexibility index (Phi) is 6.68. The first-order chi connectivity index (χ1) is 13.1. The molecule has 0 atom stereocenters. The highest BCUT2D eigenvalue weighted by Gasteiger charge is 2.22. The first-order valence-electron chi connectivity index (χ1n) is 8.91. The van der Waals surface area contributed by atoms with E-state index in [4.69, 9.17) is 17.0 Å². The summed E-state index contributed by atoms with van der Waals surface area (Å²) >= 11 is 8.81. The Morgan fingerprint density at radius 1 is 1.11 bits per heavy atom. The van der Waals surface area contributed by atoms with E-state index in [1.807, 2.05) is 42.2 Å². The van der Waals surface area contributed by atoms with Crippen LogP contribution in [-0.2, 0) is 0 Å². The lowest BCUT2D eigenvalue weighted by atomic mass is 10.2. The molecule has 1 heterocycles. The molecule has 1 saturated heterocycles. The Bertz CT molecular complexity index is 805. The van der Waals surface area contributed by atoms with Crippen LogP contribution in [0, 0.1) is 0 Å². The second-order valence-corrected chi connectivity index (χ2v) is 7.44. The molecule has 142 valence electrons. The molecule has 0 aliphatic carbocycles. The molecule has 7 heteroatoms. The quantitative estimate of drug-likeness (QED) is 0.724. The molecular weight excluding hydrogens is 426 g/mol. The second kappa shape index (κ2) is 9.19. The van der Waals surface area contributed by atoms with E-state index in [2.05, 4.69) is 32.2 Å². The fourth-order valence-electron chi connectivity index (χ4n) is 3.00. The number of halogens is 1. The van der Waals surface area contributed by atoms with E-state index < -0.39 is 0 Å². The molecular formula is C20H22BrN3O2S. The average molecular weight is 448 g/mol. The van der Waals surface area contributed by atoms with Gasteiger partial charge in [-0.1, -0.05) is 28.1 Å². The van der Waals surface area contributed by atoms with Crippen molar-refractivity contribution in [1.82, 2.24) is 10.2 Å². The van der Waals surface area contributed by atoms with E-state index in [9.17, 15) is 4.79 Å². The third-order valence-corrected chi connectivity index (χ3v) is 5.29. The van der Waals surface area contributed by atoms with E-state index in [1.165, 1.54) is 0 Å². The highest BCUT2D eigenvalue weighted by Crippen LogP contribution is 2.28. The van der Waals surface area contributed by atoms with Gasteiger partial charge in [0.25, 0.3) is 5.91 Å². The Morgan fingerprint density at radius 2 is 1.78 bits per heavy atom. The molecule has 0 unspecified atom stereocenters. The van der Waals surface area contributed by atoms with Gasteiger partial charge in [-0.2, -0.15) is 0 Å². The van der Waals surface area contributed by atoms with Crippen LogP contribution in [0.1, 0.15) is 17.3 Å². The maximum atomic E-state index is 12.3. The van der Waals surface area contributed by atoms with Crippen molar-refractivity contribution in [3.05, 3.63) is 58.6 Å². The van der Waals surface area contributed by atoms with E-state index in [1.54, 1.807) is 12.1 Å². The maximum absolute atomic E-state index is 12.3. The topological polar surface area (TPSA) is 44.8 Å². The fourth-order valence-corrected chi connectivity index (χ4v) is 3.54. The van der Waals surface area contributed by atoms with Gasteiger partial charge in [-0.25, -0.2) is 0 Å². The number of anilines is 1. The molecule has 1 fully saturated rings. The molecule has 3 rings (SSSR count). The summed E-state index contributed by atoms with van der Waals surface area (Å²) in [5, 5.41) is 3.30. The van der Waals surface area contributed by atoms with Gasteiger partial charge < -0.3 is 14.5 Å². The number of hydrogen-bond donors (Lipinski definition) is 1. The van der Waals surface area contributed by atoms with Crippen LogP contribution in [0.5, 0.6) is 5.75 Å². The molecule has 2 aromatic carbocycles. The Hall–Kier alpha value is -2.12. The van der Waals surface area contributed by atoms with Crippen LogP contribution in [0.25, 0.3) is 0 Å². The number of para-hydroxylation sites is 2. The summed E-state index contributed by atoms with van der Waals surface area (Å²) in [4.78, 5) is 16.7. The lowest BCUT2D eigenvalue weighted by Gasteiger charge is -2.37. The van der Waals surface area contributed by atoms with Gasteiger partial charge in [-0.05, 0) is 55.5 Å². The van der Waals surface area contributed by atoms with Gasteiger partial charge in [0.2, 0.25) is 0 Å². The molecule has 0 radical (unpaired) electrons. The predicted molar refractivity (Wildman–Crippen MR) is 116 cm³/mol. The normalized spacial score (nSPS) is 14.0. The molecule has 0 saturated carbocycles. The van der Waals surface area contributed by atoms with Crippen molar-refractivity contribution in [2.24, 2.45) is 0 Å². The number of carbonyl (C=O) groups excluding carboxylic acids is 1. The average Bonchev–Trinajstić information content (AvgIpc) is 2.69. The summed E-state index contributed by atoms with van der Waals surface area (Å²) in [6, 6.07) is 15.3. The summed E-state index contributed by atoms with van der Waals surface area (Å²) in [5.41, 5.74) is 1.69. The summed E-state index contributed by atoms with van der Waals surface area (Å²) in [6.45, 7) is 5.76. The number of hydrogen-bond acceptors (Lipinski definition) is 4. The summed E-state index contributed by atoms with van der Waals surface area (Å²) in [7, 11) is 0. The zero-order valence-corrected chi connectivity index (χ0v) is 17.6. The number of piperazine rings is 1. The molecule has 0 spiro atoms. The molecule has 27 heavy (non-hydrogen) atoms. The van der Waals surface area contributed by atoms with E-state index in [0.29, 0.717) is 17.3 Å². The van der Waals surface area contributed by atoms with Crippen LogP contribution in [0.15, 0.2) is 53.0 Å². The minimum atomic E-state index is -0.184. The summed E-state index contributed by atoms with van der Waals surface area (Å²) in [5.74, 6) is 0.719. The monoisotopic (exact) mass is 447 g/mol. The number of rotatable bonds is 4. The number of nitrogens with one attached hydrogen (secondary N) is 1. The first-order valence-corrected chi connectivity index (χ1v) is 10.1. The van der Waals surface area contributed by atoms with Gasteiger partial charge in [0.15, 0.2) is 5.11 Å². The molecule has 1 amide bonds. The SMILES string of the molecule is CCOc1ccccc1N1CCN(C(=S)NC(=O)c2ccc(Br)cc2)CC1. The number of amides is 1. The zero-order valence-electron chi connectivity index (χ0n) is 15.2. The minimum Gasteiger partial charge on any atom is -0.492 e.